The van der Waals surface area contributed by atoms with Crippen molar-refractivity contribution in [3.63, 3.8) is 0 Å². The van der Waals surface area contributed by atoms with Crippen molar-refractivity contribution in [2.75, 3.05) is 9.80 Å². The fourth-order valence-electron chi connectivity index (χ4n) is 7.55. The summed E-state index contributed by atoms with van der Waals surface area (Å²) in [5.41, 5.74) is 0.132. The molecule has 0 unspecified atom stereocenters. The Labute approximate surface area is 288 Å². The van der Waals surface area contributed by atoms with E-state index >= 15 is 0 Å². The highest BCUT2D eigenvalue weighted by molar-refractivity contribution is 9.10. The van der Waals surface area contributed by atoms with E-state index < -0.39 is 87.1 Å². The number of halogens is 7. The number of carbonyl (C=O) groups is 4. The summed E-state index contributed by atoms with van der Waals surface area (Å²) in [6.07, 6.45) is -3.99. The molecule has 3 aromatic carbocycles. The number of alkyl halides is 5. The van der Waals surface area contributed by atoms with Crippen LogP contribution in [-0.2, 0) is 19.2 Å². The van der Waals surface area contributed by atoms with Gasteiger partial charge in [-0.25, -0.2) is 9.29 Å². The predicted octanol–water partition coefficient (Wildman–Crippen LogP) is 6.96. The maximum Gasteiger partial charge on any atom is 0.573 e. The number of phenolic OH excluding ortho intramolecular Hbond substituents is 1. The molecule has 2 heterocycles. The van der Waals surface area contributed by atoms with Crippen LogP contribution in [0.5, 0.6) is 11.5 Å². The smallest absolute Gasteiger partial charge is 0.508 e. The lowest BCUT2D eigenvalue weighted by Gasteiger charge is -2.50. The van der Waals surface area contributed by atoms with Gasteiger partial charge in [0.05, 0.1) is 23.2 Å². The first-order valence-corrected chi connectivity index (χ1v) is 16.1. The predicted molar refractivity (Wildman–Crippen MR) is 168 cm³/mol. The van der Waals surface area contributed by atoms with E-state index in [9.17, 15) is 41.8 Å². The Morgan fingerprint density at radius 3 is 2.12 bits per heavy atom. The van der Waals surface area contributed by atoms with E-state index in [-0.39, 0.29) is 23.2 Å². The van der Waals surface area contributed by atoms with Gasteiger partial charge in [-0.1, -0.05) is 27.6 Å². The highest BCUT2D eigenvalue weighted by atomic mass is 79.9. The number of imide groups is 2. The number of benzene rings is 3. The van der Waals surface area contributed by atoms with Crippen molar-refractivity contribution < 1.29 is 46.6 Å². The molecule has 1 N–H and O–H groups in total. The van der Waals surface area contributed by atoms with Gasteiger partial charge in [-0.2, -0.15) is 0 Å². The van der Waals surface area contributed by atoms with Crippen molar-refractivity contribution >= 4 is 74.1 Å². The Morgan fingerprint density at radius 2 is 1.48 bits per heavy atom. The lowest BCUT2D eigenvalue weighted by molar-refractivity contribution is -0.274. The summed E-state index contributed by atoms with van der Waals surface area (Å²) in [5, 5.41) is 11.1. The van der Waals surface area contributed by atoms with E-state index in [1.54, 1.807) is 30.3 Å². The summed E-state index contributed by atoms with van der Waals surface area (Å²) in [4.78, 5) is 53.4. The van der Waals surface area contributed by atoms with Gasteiger partial charge >= 0.3 is 6.36 Å². The zero-order chi connectivity index (χ0) is 34.5. The molecule has 2 aliphatic heterocycles. The number of amides is 4. The molecule has 1 saturated carbocycles. The average Bonchev–Trinajstić information content (AvgIpc) is 3.36. The van der Waals surface area contributed by atoms with Crippen LogP contribution in [0.15, 0.2) is 82.9 Å². The quantitative estimate of drug-likeness (QED) is 0.133. The van der Waals surface area contributed by atoms with E-state index in [1.807, 2.05) is 0 Å². The van der Waals surface area contributed by atoms with E-state index in [4.69, 9.17) is 23.2 Å². The maximum atomic E-state index is 14.4. The zero-order valence-corrected chi connectivity index (χ0v) is 27.3. The number of aromatic hydroxyl groups is 1. The molecule has 3 aromatic rings. The normalized spacial score (nSPS) is 29.9. The van der Waals surface area contributed by atoms with Crippen LogP contribution in [0.25, 0.3) is 0 Å². The molecule has 2 aliphatic carbocycles. The number of hydrogen-bond donors (Lipinski definition) is 1. The SMILES string of the molecule is O=C1[C@H]2[C@H](CC=C3[C@H]2C[C@@]2(Cl)C(=O)N(c4ccc(F)cc4)C(=O)[C@@]2(Cl)[C@H]3c2cc(OC(F)(F)F)ccc2O)C(=O)N1c1ccc(Br)cc1. The van der Waals surface area contributed by atoms with Crippen molar-refractivity contribution in [2.24, 2.45) is 17.8 Å². The van der Waals surface area contributed by atoms with Crippen molar-refractivity contribution in [1.82, 2.24) is 0 Å². The number of fused-ring (bicyclic) bond motifs is 4. The van der Waals surface area contributed by atoms with Gasteiger partial charge in [0.1, 0.15) is 17.3 Å². The second-order valence-electron chi connectivity index (χ2n) is 12.0. The molecule has 0 spiro atoms. The van der Waals surface area contributed by atoms with Crippen LogP contribution in [0.2, 0.25) is 0 Å². The first kappa shape index (κ1) is 32.6. The molecule has 4 aliphatic rings. The Bertz CT molecular complexity index is 1940. The van der Waals surface area contributed by atoms with Crippen molar-refractivity contribution in [3.05, 3.63) is 94.2 Å². The summed E-state index contributed by atoms with van der Waals surface area (Å²) in [6.45, 7) is 0. The van der Waals surface area contributed by atoms with Gasteiger partial charge in [-0.05, 0) is 85.5 Å². The topological polar surface area (TPSA) is 104 Å². The number of ether oxygens (including phenoxy) is 1. The monoisotopic (exact) mass is 766 g/mol. The van der Waals surface area contributed by atoms with Crippen LogP contribution in [0.3, 0.4) is 0 Å². The number of nitrogens with zero attached hydrogens (tertiary/aromatic N) is 2. The summed E-state index contributed by atoms with van der Waals surface area (Å²) < 4.78 is 58.5. The number of allylic oxidation sites excluding steroid dienone is 2. The van der Waals surface area contributed by atoms with Gasteiger partial charge in [0.25, 0.3) is 11.8 Å². The summed E-state index contributed by atoms with van der Waals surface area (Å²) >= 11 is 17.8. The lowest BCUT2D eigenvalue weighted by atomic mass is 9.56. The Kier molecular flexibility index (Phi) is 7.50. The molecule has 3 fully saturated rings. The molecule has 48 heavy (non-hydrogen) atoms. The third kappa shape index (κ3) is 4.68. The summed E-state index contributed by atoms with van der Waals surface area (Å²) in [7, 11) is 0. The zero-order valence-electron chi connectivity index (χ0n) is 24.2. The minimum absolute atomic E-state index is 0.0177. The highest BCUT2D eigenvalue weighted by Gasteiger charge is 2.77. The van der Waals surface area contributed by atoms with Crippen molar-refractivity contribution in [2.45, 2.75) is 34.9 Å². The first-order valence-electron chi connectivity index (χ1n) is 14.5. The van der Waals surface area contributed by atoms with E-state index in [2.05, 4.69) is 20.7 Å². The fourth-order valence-corrected chi connectivity index (χ4v) is 8.74. The number of anilines is 2. The van der Waals surface area contributed by atoms with Gasteiger partial charge < -0.3 is 9.84 Å². The van der Waals surface area contributed by atoms with E-state index in [0.29, 0.717) is 15.1 Å². The van der Waals surface area contributed by atoms with Crippen LogP contribution >= 0.6 is 39.1 Å². The maximum absolute atomic E-state index is 14.4. The van der Waals surface area contributed by atoms with E-state index in [1.165, 1.54) is 0 Å². The third-order valence-electron chi connectivity index (χ3n) is 9.52. The van der Waals surface area contributed by atoms with Crippen molar-refractivity contribution in [1.29, 1.82) is 0 Å². The molecule has 8 nitrogen and oxygen atoms in total. The molecule has 0 bridgehead atoms. The Hall–Kier alpha value is -3.94. The van der Waals surface area contributed by atoms with Gasteiger partial charge in [-0.3, -0.25) is 24.1 Å². The molecule has 0 aromatic heterocycles. The summed E-state index contributed by atoms with van der Waals surface area (Å²) in [5.74, 6) is -9.82. The number of phenols is 1. The minimum atomic E-state index is -5.12. The van der Waals surface area contributed by atoms with Gasteiger partial charge in [0.15, 0.2) is 9.75 Å². The van der Waals surface area contributed by atoms with Crippen LogP contribution in [0.1, 0.15) is 24.3 Å². The molecule has 15 heteroatoms. The minimum Gasteiger partial charge on any atom is -0.508 e. The van der Waals surface area contributed by atoms with Gasteiger partial charge in [-0.15, -0.1) is 36.4 Å². The molecular formula is C33H21BrCl2F4N2O6. The van der Waals surface area contributed by atoms with Crippen molar-refractivity contribution in [3.8, 4) is 11.5 Å². The Morgan fingerprint density at radius 1 is 0.854 bits per heavy atom. The number of carbonyl (C=O) groups excluding carboxylic acids is 4. The standard InChI is InChI=1S/C33H21BrCl2F4N2O6/c34-15-1-5-17(6-2-15)41-27(44)21-11-10-20-23(25(21)28(41)45)14-31(35)29(46)42(18-7-3-16(37)4-8-18)30(47)32(31,36)26(20)22-13-19(9-12-24(22)43)48-33(38,39)40/h1-10,12-13,21,23,25-26,43H,11,14H2/t21-,23+,25-,26+,31+,32-/m0/s1. The molecule has 7 rings (SSSR count). The molecule has 6 atom stereocenters. The first-order chi connectivity index (χ1) is 22.6. The highest BCUT2D eigenvalue weighted by Crippen LogP contribution is 2.66. The molecule has 2 saturated heterocycles. The van der Waals surface area contributed by atoms with Gasteiger partial charge in [0.2, 0.25) is 11.8 Å². The molecular weight excluding hydrogens is 747 g/mol. The second kappa shape index (κ2) is 11.0. The van der Waals surface area contributed by atoms with Gasteiger partial charge in [0, 0.05) is 16.0 Å². The Balaban J connectivity index is 1.41. The molecule has 0 radical (unpaired) electrons. The lowest BCUT2D eigenvalue weighted by Crippen LogP contribution is -2.60. The van der Waals surface area contributed by atoms with Crippen LogP contribution in [-0.4, -0.2) is 44.8 Å². The molecule has 248 valence electrons. The second-order valence-corrected chi connectivity index (χ2v) is 14.2. The van der Waals surface area contributed by atoms with Crippen LogP contribution in [0.4, 0.5) is 28.9 Å². The van der Waals surface area contributed by atoms with Crippen LogP contribution in [0, 0.1) is 23.6 Å². The fraction of sp³-hybridized carbons (Fsp3) is 0.273. The van der Waals surface area contributed by atoms with Crippen LogP contribution < -0.4 is 14.5 Å². The number of rotatable bonds is 4. The third-order valence-corrected chi connectivity index (χ3v) is 11.5. The number of hydrogen-bond acceptors (Lipinski definition) is 6. The molecule has 4 amide bonds. The van der Waals surface area contributed by atoms with E-state index in [0.717, 1.165) is 47.4 Å². The summed E-state index contributed by atoms with van der Waals surface area (Å²) in [6, 6.07) is 13.4. The largest absolute Gasteiger partial charge is 0.573 e. The average molecular weight is 768 g/mol.